The monoisotopic (exact) mass is 352 g/mol. The van der Waals surface area contributed by atoms with E-state index in [9.17, 15) is 10.0 Å². The molecule has 5 heteroatoms. The molecule has 0 N–H and O–H groups in total. The van der Waals surface area contributed by atoms with Gasteiger partial charge < -0.3 is 19.2 Å². The van der Waals surface area contributed by atoms with Crippen molar-refractivity contribution < 1.29 is 14.2 Å². The van der Waals surface area contributed by atoms with Crippen LogP contribution in [0.25, 0.3) is 16.6 Å². The number of ether oxygens (including phenoxy) is 1. The molecule has 3 aliphatic heterocycles. The number of piperidine rings is 1. The highest BCUT2D eigenvalue weighted by Crippen LogP contribution is 2.53. The number of fused-ring (bicyclic) bond motifs is 3. The summed E-state index contributed by atoms with van der Waals surface area (Å²) < 4.78 is 6.98. The van der Waals surface area contributed by atoms with E-state index in [0.29, 0.717) is 24.7 Å². The maximum absolute atomic E-state index is 13.8. The Morgan fingerprint density at radius 2 is 2.19 bits per heavy atom. The third kappa shape index (κ3) is 1.96. The first kappa shape index (κ1) is 16.1. The largest absolute Gasteiger partial charge is 0.632 e. The van der Waals surface area contributed by atoms with Gasteiger partial charge in [0.1, 0.15) is 11.7 Å². The lowest BCUT2D eigenvalue weighted by atomic mass is 9.75. The minimum Gasteiger partial charge on any atom is -0.632 e. The summed E-state index contributed by atoms with van der Waals surface area (Å²) in [5, 5.41) is 15.0. The fraction of sp³-hybridized carbons (Fsp3) is 0.476. The number of hydrogen-bond acceptors (Lipinski definition) is 3. The minimum atomic E-state index is -0.319. The zero-order chi connectivity index (χ0) is 18.1. The summed E-state index contributed by atoms with van der Waals surface area (Å²) in [6, 6.07) is 8.09. The molecule has 1 aromatic heterocycles. The smallest absolute Gasteiger partial charge is 0.354 e. The summed E-state index contributed by atoms with van der Waals surface area (Å²) in [5.41, 5.74) is 3.91. The zero-order valence-corrected chi connectivity index (χ0v) is 15.3. The van der Waals surface area contributed by atoms with Gasteiger partial charge in [-0.2, -0.15) is 0 Å². The molecule has 0 aliphatic carbocycles. The lowest BCUT2D eigenvalue weighted by molar-refractivity contribution is -0.926. The average Bonchev–Trinajstić information content (AvgIpc) is 3.00. The highest BCUT2D eigenvalue weighted by atomic mass is 16.5. The van der Waals surface area contributed by atoms with Crippen molar-refractivity contribution >= 4 is 22.6 Å². The van der Waals surface area contributed by atoms with Crippen LogP contribution >= 0.6 is 0 Å². The Hall–Kier alpha value is -2.11. The number of esters is 1. The highest BCUT2D eigenvalue weighted by molar-refractivity contribution is 6.13. The number of rotatable bonds is 2. The van der Waals surface area contributed by atoms with Gasteiger partial charge in [0.15, 0.2) is 0 Å². The van der Waals surface area contributed by atoms with Crippen LogP contribution in [-0.2, 0) is 16.0 Å². The summed E-state index contributed by atoms with van der Waals surface area (Å²) in [5.74, 6) is 0.206. The Bertz CT molecular complexity index is 944. The Morgan fingerprint density at radius 1 is 1.38 bits per heavy atom. The Kier molecular flexibility index (Phi) is 3.37. The first-order chi connectivity index (χ1) is 12.6. The molecule has 4 heterocycles. The molecule has 3 aliphatic rings. The normalized spacial score (nSPS) is 32.1. The third-order valence-corrected chi connectivity index (χ3v) is 6.71. The van der Waals surface area contributed by atoms with E-state index in [1.807, 2.05) is 28.8 Å². The summed E-state index contributed by atoms with van der Waals surface area (Å²) >= 11 is 0. The second-order valence-corrected chi connectivity index (χ2v) is 7.99. The fourth-order valence-electron chi connectivity index (χ4n) is 5.60. The number of nitrogens with zero attached hydrogens (tertiary/aromatic N) is 2. The number of hydroxylamine groups is 3. The van der Waals surface area contributed by atoms with Gasteiger partial charge in [0.2, 0.25) is 0 Å². The van der Waals surface area contributed by atoms with Crippen LogP contribution in [0.15, 0.2) is 30.3 Å². The van der Waals surface area contributed by atoms with Crippen LogP contribution in [0.1, 0.15) is 37.1 Å². The van der Waals surface area contributed by atoms with E-state index in [1.165, 1.54) is 18.1 Å². The third-order valence-electron chi connectivity index (χ3n) is 6.71. The molecule has 0 bridgehead atoms. The number of methoxy groups -OCH3 is 1. The summed E-state index contributed by atoms with van der Waals surface area (Å²) in [6.45, 7) is 3.50. The van der Waals surface area contributed by atoms with Gasteiger partial charge in [0.05, 0.1) is 31.4 Å². The molecule has 136 valence electrons. The van der Waals surface area contributed by atoms with Crippen molar-refractivity contribution in [2.24, 2.45) is 11.8 Å². The number of carbonyl (C=O) groups excluding carboxylic acids is 1. The Morgan fingerprint density at radius 3 is 2.96 bits per heavy atom. The molecule has 1 saturated heterocycles. The van der Waals surface area contributed by atoms with E-state index < -0.39 is 0 Å². The van der Waals surface area contributed by atoms with Crippen molar-refractivity contribution in [1.29, 1.82) is 0 Å². The van der Waals surface area contributed by atoms with Crippen LogP contribution in [0.3, 0.4) is 0 Å². The molecule has 0 amide bonds. The zero-order valence-electron chi connectivity index (χ0n) is 15.3. The standard InChI is InChI=1S/C21H24N2O3/c1-3-13-10-14-11-18(21(24)26-2)22-17-7-5-4-6-15(17)16-8-9-23(25,12-13)20(14)19(16)22/h4-7,11,13-14,20H,3,8-10,12H2,1-2H3/t13-,14+,20+,23?/m0/s1. The number of para-hydroxylation sites is 1. The summed E-state index contributed by atoms with van der Waals surface area (Å²) in [4.78, 5) is 12.6. The molecule has 5 rings (SSSR count). The predicted octanol–water partition coefficient (Wildman–Crippen LogP) is 3.63. The van der Waals surface area contributed by atoms with Gasteiger partial charge in [0, 0.05) is 23.6 Å². The second-order valence-electron chi connectivity index (χ2n) is 7.99. The first-order valence-corrected chi connectivity index (χ1v) is 9.58. The quantitative estimate of drug-likeness (QED) is 0.471. The molecule has 1 unspecified atom stereocenters. The van der Waals surface area contributed by atoms with Crippen molar-refractivity contribution in [3.63, 3.8) is 0 Å². The Balaban J connectivity index is 1.82. The van der Waals surface area contributed by atoms with Crippen LogP contribution < -0.4 is 0 Å². The number of aromatic nitrogens is 1. The van der Waals surface area contributed by atoms with Crippen molar-refractivity contribution in [2.75, 3.05) is 20.2 Å². The van der Waals surface area contributed by atoms with Crippen molar-refractivity contribution in [3.8, 4) is 0 Å². The van der Waals surface area contributed by atoms with E-state index in [-0.39, 0.29) is 22.6 Å². The van der Waals surface area contributed by atoms with E-state index in [2.05, 4.69) is 13.0 Å². The molecular formula is C21H24N2O3. The van der Waals surface area contributed by atoms with Gasteiger partial charge >= 0.3 is 5.97 Å². The van der Waals surface area contributed by atoms with E-state index in [1.54, 1.807) is 0 Å². The first-order valence-electron chi connectivity index (χ1n) is 9.58. The lowest BCUT2D eigenvalue weighted by Crippen LogP contribution is -2.58. The molecule has 0 spiro atoms. The van der Waals surface area contributed by atoms with Gasteiger partial charge in [-0.15, -0.1) is 0 Å². The van der Waals surface area contributed by atoms with Crippen molar-refractivity contribution in [3.05, 3.63) is 46.8 Å². The predicted molar refractivity (Wildman–Crippen MR) is 99.9 cm³/mol. The SMILES string of the molecule is CC[C@H]1C[C@@H]2C=C(C(=O)OC)n3c4c(c5ccccc53)CC[N+]([O-])(C1)[C@@H]42. The minimum absolute atomic E-state index is 0.0950. The number of benzene rings is 1. The average molecular weight is 352 g/mol. The van der Waals surface area contributed by atoms with Gasteiger partial charge in [-0.1, -0.05) is 25.1 Å². The van der Waals surface area contributed by atoms with E-state index >= 15 is 0 Å². The van der Waals surface area contributed by atoms with Gasteiger partial charge in [-0.25, -0.2) is 4.79 Å². The van der Waals surface area contributed by atoms with Crippen LogP contribution in [-0.4, -0.2) is 35.4 Å². The number of carbonyl (C=O) groups is 1. The van der Waals surface area contributed by atoms with Crippen LogP contribution in [0.5, 0.6) is 0 Å². The van der Waals surface area contributed by atoms with E-state index in [0.717, 1.165) is 30.5 Å². The highest BCUT2D eigenvalue weighted by Gasteiger charge is 2.51. The fourth-order valence-corrected chi connectivity index (χ4v) is 5.60. The maximum atomic E-state index is 13.8. The molecular weight excluding hydrogens is 328 g/mol. The lowest BCUT2D eigenvalue weighted by Gasteiger charge is -2.59. The Labute approximate surface area is 153 Å². The maximum Gasteiger partial charge on any atom is 0.354 e. The van der Waals surface area contributed by atoms with Crippen LogP contribution in [0, 0.1) is 17.0 Å². The van der Waals surface area contributed by atoms with Crippen molar-refractivity contribution in [1.82, 2.24) is 4.57 Å². The second kappa shape index (κ2) is 5.44. The molecule has 1 aromatic carbocycles. The molecule has 4 atom stereocenters. The van der Waals surface area contributed by atoms with Crippen molar-refractivity contribution in [2.45, 2.75) is 32.2 Å². The number of hydrogen-bond donors (Lipinski definition) is 0. The summed E-state index contributed by atoms with van der Waals surface area (Å²) in [7, 11) is 1.43. The van der Waals surface area contributed by atoms with E-state index in [4.69, 9.17) is 4.74 Å². The topological polar surface area (TPSA) is 54.3 Å². The van der Waals surface area contributed by atoms with Gasteiger partial charge in [-0.05, 0) is 30.5 Å². The molecule has 1 fully saturated rings. The van der Waals surface area contributed by atoms with Crippen LogP contribution in [0.4, 0.5) is 0 Å². The van der Waals surface area contributed by atoms with Gasteiger partial charge in [0.25, 0.3) is 0 Å². The number of quaternary nitrogens is 1. The molecule has 5 nitrogen and oxygen atoms in total. The molecule has 26 heavy (non-hydrogen) atoms. The van der Waals surface area contributed by atoms with Gasteiger partial charge in [-0.3, -0.25) is 0 Å². The molecule has 0 saturated carbocycles. The molecule has 2 aromatic rings. The van der Waals surface area contributed by atoms with Crippen LogP contribution in [0.2, 0.25) is 0 Å². The summed E-state index contributed by atoms with van der Waals surface area (Å²) in [6.07, 6.45) is 4.80. The molecule has 0 radical (unpaired) electrons.